The number of anilines is 2. The molecule has 0 saturated heterocycles. The van der Waals surface area contributed by atoms with Crippen LogP contribution in [0.1, 0.15) is 11.4 Å². The van der Waals surface area contributed by atoms with Gasteiger partial charge in [0.25, 0.3) is 10.0 Å². The molecule has 2 aromatic rings. The van der Waals surface area contributed by atoms with E-state index in [9.17, 15) is 8.42 Å². The zero-order valence-electron chi connectivity index (χ0n) is 9.84. The third-order valence-corrected chi connectivity index (χ3v) is 3.80. The van der Waals surface area contributed by atoms with Crippen molar-refractivity contribution in [2.45, 2.75) is 18.7 Å². The number of aryl methyl sites for hydroxylation is 2. The standard InChI is InChI=1S/C10H12N4O3S/c1-6-4-3-5-8(11)9(6)18(15,16)14-10-12-7(2)13-17-10/h3-5H,11H2,1-2H3,(H,12,13,14). The molecule has 8 heteroatoms. The fourth-order valence-electron chi connectivity index (χ4n) is 1.55. The summed E-state index contributed by atoms with van der Waals surface area (Å²) in [6.07, 6.45) is 0. The van der Waals surface area contributed by atoms with Gasteiger partial charge in [-0.2, -0.15) is 4.98 Å². The molecule has 18 heavy (non-hydrogen) atoms. The summed E-state index contributed by atoms with van der Waals surface area (Å²) < 4.78 is 31.2. The maximum Gasteiger partial charge on any atom is 0.335 e. The molecular formula is C10H12N4O3S. The van der Waals surface area contributed by atoms with Crippen LogP contribution in [0.3, 0.4) is 0 Å². The van der Waals surface area contributed by atoms with E-state index in [1.54, 1.807) is 26.0 Å². The summed E-state index contributed by atoms with van der Waals surface area (Å²) >= 11 is 0. The lowest BCUT2D eigenvalue weighted by Gasteiger charge is -2.09. The molecule has 1 aromatic heterocycles. The maximum atomic E-state index is 12.1. The van der Waals surface area contributed by atoms with Gasteiger partial charge in [0.2, 0.25) is 0 Å². The summed E-state index contributed by atoms with van der Waals surface area (Å²) in [5.74, 6) is 0.338. The zero-order chi connectivity index (χ0) is 13.3. The van der Waals surface area contributed by atoms with Crippen molar-refractivity contribution >= 4 is 21.7 Å². The first kappa shape index (κ1) is 12.4. The Kier molecular flexibility index (Phi) is 2.95. The van der Waals surface area contributed by atoms with Gasteiger partial charge < -0.3 is 10.3 Å². The van der Waals surface area contributed by atoms with Crippen molar-refractivity contribution in [1.29, 1.82) is 0 Å². The Hall–Kier alpha value is -2.09. The van der Waals surface area contributed by atoms with Gasteiger partial charge >= 0.3 is 6.01 Å². The molecule has 0 amide bonds. The number of hydrogen-bond donors (Lipinski definition) is 2. The maximum absolute atomic E-state index is 12.1. The number of aromatic nitrogens is 2. The molecule has 7 nitrogen and oxygen atoms in total. The Morgan fingerprint density at radius 2 is 2.06 bits per heavy atom. The summed E-state index contributed by atoms with van der Waals surface area (Å²) in [4.78, 5) is 3.79. The number of sulfonamides is 1. The van der Waals surface area contributed by atoms with Crippen molar-refractivity contribution < 1.29 is 12.9 Å². The largest absolute Gasteiger partial charge is 0.398 e. The molecule has 0 saturated carbocycles. The molecule has 0 aliphatic carbocycles. The van der Waals surface area contributed by atoms with Crippen LogP contribution in [0.2, 0.25) is 0 Å². The van der Waals surface area contributed by atoms with Crippen molar-refractivity contribution in [2.75, 3.05) is 10.5 Å². The summed E-state index contributed by atoms with van der Waals surface area (Å²) in [7, 11) is -3.83. The molecule has 2 rings (SSSR count). The van der Waals surface area contributed by atoms with Crippen LogP contribution in [-0.4, -0.2) is 18.6 Å². The highest BCUT2D eigenvalue weighted by Gasteiger charge is 2.22. The van der Waals surface area contributed by atoms with Gasteiger partial charge in [0.05, 0.1) is 5.69 Å². The second-order valence-electron chi connectivity index (χ2n) is 3.75. The molecule has 0 fully saturated rings. The number of hydrogen-bond acceptors (Lipinski definition) is 6. The number of nitrogens with two attached hydrogens (primary N) is 1. The second-order valence-corrected chi connectivity index (χ2v) is 5.36. The molecule has 0 aliphatic rings. The van der Waals surface area contributed by atoms with Crippen LogP contribution in [-0.2, 0) is 10.0 Å². The summed E-state index contributed by atoms with van der Waals surface area (Å²) in [6, 6.07) is 4.67. The number of nitrogens with zero attached hydrogens (tertiary/aromatic N) is 2. The fraction of sp³-hybridized carbons (Fsp3) is 0.200. The van der Waals surface area contributed by atoms with E-state index in [2.05, 4.69) is 14.9 Å². The smallest absolute Gasteiger partial charge is 0.335 e. The number of benzene rings is 1. The number of nitrogen functional groups attached to an aromatic ring is 1. The van der Waals surface area contributed by atoms with Crippen molar-refractivity contribution in [3.8, 4) is 0 Å². The summed E-state index contributed by atoms with van der Waals surface area (Å²) in [6.45, 7) is 3.24. The third-order valence-electron chi connectivity index (χ3n) is 2.26. The van der Waals surface area contributed by atoms with Gasteiger partial charge in [0.15, 0.2) is 5.82 Å². The molecule has 1 aromatic carbocycles. The Bertz CT molecular complexity index is 658. The molecule has 0 spiro atoms. The minimum absolute atomic E-state index is 0.0147. The van der Waals surface area contributed by atoms with Crippen molar-refractivity contribution in [2.24, 2.45) is 0 Å². The lowest BCUT2D eigenvalue weighted by atomic mass is 10.2. The Morgan fingerprint density at radius 3 is 2.61 bits per heavy atom. The molecule has 0 aliphatic heterocycles. The minimum atomic E-state index is -3.83. The van der Waals surface area contributed by atoms with E-state index in [0.29, 0.717) is 11.4 Å². The van der Waals surface area contributed by atoms with E-state index in [1.165, 1.54) is 6.07 Å². The Morgan fingerprint density at radius 1 is 1.33 bits per heavy atom. The molecule has 0 bridgehead atoms. The van der Waals surface area contributed by atoms with Gasteiger partial charge in [0, 0.05) is 0 Å². The predicted molar refractivity (Wildman–Crippen MR) is 65.4 cm³/mol. The predicted octanol–water partition coefficient (Wildman–Crippen LogP) is 1.07. The average Bonchev–Trinajstić information content (AvgIpc) is 2.62. The number of rotatable bonds is 3. The van der Waals surface area contributed by atoms with Crippen molar-refractivity contribution in [1.82, 2.24) is 10.1 Å². The van der Waals surface area contributed by atoms with E-state index < -0.39 is 10.0 Å². The van der Waals surface area contributed by atoms with Gasteiger partial charge in [-0.15, -0.1) is 0 Å². The van der Waals surface area contributed by atoms with Gasteiger partial charge in [-0.05, 0) is 25.5 Å². The van der Waals surface area contributed by atoms with Crippen LogP contribution in [0.5, 0.6) is 0 Å². The monoisotopic (exact) mass is 268 g/mol. The highest BCUT2D eigenvalue weighted by Crippen LogP contribution is 2.24. The van der Waals surface area contributed by atoms with E-state index in [1.807, 2.05) is 0 Å². The van der Waals surface area contributed by atoms with E-state index in [0.717, 1.165) is 0 Å². The van der Waals surface area contributed by atoms with Crippen molar-refractivity contribution in [3.05, 3.63) is 29.6 Å². The van der Waals surface area contributed by atoms with Crippen LogP contribution in [0.25, 0.3) is 0 Å². The first-order chi connectivity index (χ1) is 8.40. The van der Waals surface area contributed by atoms with Gasteiger partial charge in [-0.25, -0.2) is 13.1 Å². The van der Waals surface area contributed by atoms with Gasteiger partial charge in [-0.1, -0.05) is 17.3 Å². The Balaban J connectivity index is 2.43. The molecule has 96 valence electrons. The van der Waals surface area contributed by atoms with Gasteiger partial charge in [-0.3, -0.25) is 0 Å². The first-order valence-corrected chi connectivity index (χ1v) is 6.56. The molecular weight excluding hydrogens is 256 g/mol. The summed E-state index contributed by atoms with van der Waals surface area (Å²) in [5, 5.41) is 3.50. The summed E-state index contributed by atoms with van der Waals surface area (Å²) in [5.41, 5.74) is 6.39. The third kappa shape index (κ3) is 2.28. The van der Waals surface area contributed by atoms with Crippen molar-refractivity contribution in [3.63, 3.8) is 0 Å². The lowest BCUT2D eigenvalue weighted by Crippen LogP contribution is -2.16. The molecule has 1 heterocycles. The highest BCUT2D eigenvalue weighted by atomic mass is 32.2. The Labute approximate surface area is 104 Å². The highest BCUT2D eigenvalue weighted by molar-refractivity contribution is 7.93. The lowest BCUT2D eigenvalue weighted by molar-refractivity contribution is 0.429. The van der Waals surface area contributed by atoms with Crippen LogP contribution in [0, 0.1) is 13.8 Å². The topological polar surface area (TPSA) is 111 Å². The van der Waals surface area contributed by atoms with Crippen LogP contribution in [0.4, 0.5) is 11.7 Å². The molecule has 0 unspecified atom stereocenters. The number of nitrogens with one attached hydrogen (secondary N) is 1. The quantitative estimate of drug-likeness (QED) is 0.805. The van der Waals surface area contributed by atoms with Gasteiger partial charge in [0.1, 0.15) is 4.90 Å². The molecule has 0 atom stereocenters. The van der Waals surface area contributed by atoms with Crippen LogP contribution >= 0.6 is 0 Å². The SMILES string of the molecule is Cc1noc(NS(=O)(=O)c2c(C)cccc2N)n1. The van der Waals surface area contributed by atoms with E-state index in [4.69, 9.17) is 10.3 Å². The minimum Gasteiger partial charge on any atom is -0.398 e. The zero-order valence-corrected chi connectivity index (χ0v) is 10.7. The van der Waals surface area contributed by atoms with E-state index in [-0.39, 0.29) is 16.6 Å². The second kappa shape index (κ2) is 4.30. The van der Waals surface area contributed by atoms with Crippen LogP contribution in [0.15, 0.2) is 27.6 Å². The average molecular weight is 268 g/mol. The first-order valence-electron chi connectivity index (χ1n) is 5.08. The normalized spacial score (nSPS) is 11.4. The molecule has 0 radical (unpaired) electrons. The molecule has 3 N–H and O–H groups in total. The fourth-order valence-corrected chi connectivity index (χ4v) is 2.83. The van der Waals surface area contributed by atoms with E-state index >= 15 is 0 Å². The van der Waals surface area contributed by atoms with Crippen LogP contribution < -0.4 is 10.5 Å².